The van der Waals surface area contributed by atoms with E-state index < -0.39 is 35.5 Å². The summed E-state index contributed by atoms with van der Waals surface area (Å²) in [6, 6.07) is 8.58. The van der Waals surface area contributed by atoms with E-state index in [4.69, 9.17) is 21.1 Å². The number of ether oxygens (including phenoxy) is 2. The van der Waals surface area contributed by atoms with Crippen molar-refractivity contribution in [1.29, 1.82) is 0 Å². The summed E-state index contributed by atoms with van der Waals surface area (Å²) in [4.78, 5) is 27.4. The molecule has 9 heteroatoms. The summed E-state index contributed by atoms with van der Waals surface area (Å²) in [6.45, 7) is 6.06. The minimum absolute atomic E-state index is 0.0358. The molecule has 2 aromatic carbocycles. The number of hydrogen-bond acceptors (Lipinski definition) is 4. The zero-order valence-corrected chi connectivity index (χ0v) is 19.3. The van der Waals surface area contributed by atoms with E-state index in [9.17, 15) is 22.8 Å². The number of halogens is 4. The highest BCUT2D eigenvalue weighted by atomic mass is 35.5. The summed E-state index contributed by atoms with van der Waals surface area (Å²) in [5.74, 6) is -0.895. The zero-order valence-electron chi connectivity index (χ0n) is 18.5. The first-order valence-electron chi connectivity index (χ1n) is 10.1. The second kappa shape index (κ2) is 9.09. The molecule has 0 spiro atoms. The Morgan fingerprint density at radius 1 is 1.09 bits per heavy atom. The van der Waals surface area contributed by atoms with Gasteiger partial charge in [-0.05, 0) is 63.1 Å². The number of rotatable bonds is 5. The first kappa shape index (κ1) is 24.6. The minimum atomic E-state index is -4.68. The van der Waals surface area contributed by atoms with E-state index in [-0.39, 0.29) is 23.1 Å². The number of aryl methyl sites for hydroxylation is 1. The molecule has 176 valence electrons. The fourth-order valence-corrected chi connectivity index (χ4v) is 3.55. The number of alkyl halides is 3. The average Bonchev–Trinajstić information content (AvgIpc) is 2.68. The van der Waals surface area contributed by atoms with Gasteiger partial charge in [0.1, 0.15) is 11.4 Å². The molecule has 33 heavy (non-hydrogen) atoms. The van der Waals surface area contributed by atoms with Crippen LogP contribution in [0.15, 0.2) is 41.2 Å². The summed E-state index contributed by atoms with van der Waals surface area (Å²) in [7, 11) is 0. The lowest BCUT2D eigenvalue weighted by atomic mass is 9.97. The van der Waals surface area contributed by atoms with Crippen LogP contribution in [-0.2, 0) is 22.1 Å². The van der Waals surface area contributed by atoms with Crippen LogP contribution in [0.3, 0.4) is 0 Å². The van der Waals surface area contributed by atoms with Crippen molar-refractivity contribution >= 4 is 28.5 Å². The van der Waals surface area contributed by atoms with Gasteiger partial charge in [0.2, 0.25) is 0 Å². The molecule has 0 fully saturated rings. The summed E-state index contributed by atoms with van der Waals surface area (Å²) < 4.78 is 51.1. The molecular formula is C24H23ClF3NO4. The quantitative estimate of drug-likeness (QED) is 0.466. The highest BCUT2D eigenvalue weighted by Gasteiger charge is 2.32. The predicted molar refractivity (Wildman–Crippen MR) is 120 cm³/mol. The zero-order chi connectivity index (χ0) is 24.6. The first-order valence-corrected chi connectivity index (χ1v) is 10.5. The van der Waals surface area contributed by atoms with Crippen LogP contribution in [0.4, 0.5) is 13.2 Å². The Hall–Kier alpha value is -3.00. The summed E-state index contributed by atoms with van der Waals surface area (Å²) in [6.07, 6.45) is -4.44. The van der Waals surface area contributed by atoms with Crippen molar-refractivity contribution in [2.24, 2.45) is 0 Å². The third-order valence-corrected chi connectivity index (χ3v) is 5.09. The van der Waals surface area contributed by atoms with Gasteiger partial charge >= 0.3 is 12.1 Å². The number of nitrogens with one attached hydrogen (secondary N) is 1. The van der Waals surface area contributed by atoms with Gasteiger partial charge in [-0.25, -0.2) is 4.79 Å². The molecule has 1 heterocycles. The lowest BCUT2D eigenvalue weighted by molar-refractivity contribution is -0.157. The van der Waals surface area contributed by atoms with E-state index in [1.54, 1.807) is 52.0 Å². The number of aromatic amines is 1. The smallest absolute Gasteiger partial charge is 0.416 e. The first-order chi connectivity index (χ1) is 15.2. The lowest BCUT2D eigenvalue weighted by Crippen LogP contribution is -2.27. The van der Waals surface area contributed by atoms with Crippen LogP contribution >= 0.6 is 11.6 Å². The van der Waals surface area contributed by atoms with Crippen molar-refractivity contribution in [1.82, 2.24) is 4.98 Å². The standard InChI is InChI=1S/C24H23ClF3NO4/c1-13-17(9-14-5-7-16(25)8-6-14)22(31)29-18-10-15(24(26,27)28)11-19(21(13)18)32-12-20(30)33-23(2,3)4/h5-8,10-11H,9,12H2,1-4H3,(H,29,31). The van der Waals surface area contributed by atoms with E-state index >= 15 is 0 Å². The molecule has 0 aliphatic heterocycles. The Labute approximate surface area is 193 Å². The number of esters is 1. The van der Waals surface area contributed by atoms with Gasteiger partial charge in [-0.2, -0.15) is 13.2 Å². The molecule has 3 rings (SSSR count). The molecule has 0 unspecified atom stereocenters. The van der Waals surface area contributed by atoms with Crippen molar-refractivity contribution in [3.63, 3.8) is 0 Å². The highest BCUT2D eigenvalue weighted by Crippen LogP contribution is 2.37. The Morgan fingerprint density at radius 3 is 2.30 bits per heavy atom. The fourth-order valence-electron chi connectivity index (χ4n) is 3.42. The Bertz CT molecular complexity index is 1240. The minimum Gasteiger partial charge on any atom is -0.481 e. The van der Waals surface area contributed by atoms with Crippen LogP contribution < -0.4 is 10.3 Å². The molecule has 0 atom stereocenters. The number of H-pyrrole nitrogens is 1. The SMILES string of the molecule is Cc1c(Cc2ccc(Cl)cc2)c(=O)[nH]c2cc(C(F)(F)F)cc(OCC(=O)OC(C)(C)C)c12. The predicted octanol–water partition coefficient (Wildman–Crippen LogP) is 5.82. The average molecular weight is 482 g/mol. The van der Waals surface area contributed by atoms with Crippen LogP contribution in [0, 0.1) is 6.92 Å². The van der Waals surface area contributed by atoms with Gasteiger partial charge in [0.05, 0.1) is 11.1 Å². The van der Waals surface area contributed by atoms with Gasteiger partial charge in [-0.1, -0.05) is 23.7 Å². The third kappa shape index (κ3) is 6.07. The van der Waals surface area contributed by atoms with E-state index in [0.717, 1.165) is 17.7 Å². The summed E-state index contributed by atoms with van der Waals surface area (Å²) >= 11 is 5.91. The van der Waals surface area contributed by atoms with Crippen LogP contribution in [-0.4, -0.2) is 23.2 Å². The molecule has 1 aromatic heterocycles. The maximum Gasteiger partial charge on any atom is 0.416 e. The number of benzene rings is 2. The largest absolute Gasteiger partial charge is 0.481 e. The normalized spacial score (nSPS) is 12.1. The molecule has 0 radical (unpaired) electrons. The van der Waals surface area contributed by atoms with Crippen LogP contribution in [0.5, 0.6) is 5.75 Å². The molecule has 3 aromatic rings. The van der Waals surface area contributed by atoms with Crippen molar-refractivity contribution in [3.05, 3.63) is 74.0 Å². The second-order valence-electron chi connectivity index (χ2n) is 8.63. The van der Waals surface area contributed by atoms with Crippen LogP contribution in [0.1, 0.15) is 43.0 Å². The Balaban J connectivity index is 2.10. The number of hydrogen-bond donors (Lipinski definition) is 1. The van der Waals surface area contributed by atoms with Gasteiger partial charge in [0.15, 0.2) is 6.61 Å². The van der Waals surface area contributed by atoms with Gasteiger partial charge in [0.25, 0.3) is 5.56 Å². The van der Waals surface area contributed by atoms with Crippen LogP contribution in [0.25, 0.3) is 10.9 Å². The number of fused-ring (bicyclic) bond motifs is 1. The number of carbonyl (C=O) groups is 1. The fraction of sp³-hybridized carbons (Fsp3) is 0.333. The van der Waals surface area contributed by atoms with Crippen molar-refractivity contribution in [2.45, 2.75) is 45.9 Å². The third-order valence-electron chi connectivity index (χ3n) is 4.84. The maximum atomic E-state index is 13.5. The summed E-state index contributed by atoms with van der Waals surface area (Å²) in [5.41, 5.74) is -0.698. The van der Waals surface area contributed by atoms with Gasteiger partial charge in [-0.3, -0.25) is 4.79 Å². The molecule has 0 aliphatic rings. The van der Waals surface area contributed by atoms with E-state index in [0.29, 0.717) is 16.1 Å². The van der Waals surface area contributed by atoms with Crippen molar-refractivity contribution < 1.29 is 27.4 Å². The Kier molecular flexibility index (Phi) is 6.79. The molecule has 1 N–H and O–H groups in total. The highest BCUT2D eigenvalue weighted by molar-refractivity contribution is 6.30. The lowest BCUT2D eigenvalue weighted by Gasteiger charge is -2.20. The van der Waals surface area contributed by atoms with Gasteiger partial charge in [-0.15, -0.1) is 0 Å². The number of pyridine rings is 1. The van der Waals surface area contributed by atoms with Gasteiger partial charge < -0.3 is 14.5 Å². The van der Waals surface area contributed by atoms with E-state index in [1.807, 2.05) is 0 Å². The summed E-state index contributed by atoms with van der Waals surface area (Å²) in [5, 5.41) is 0.829. The van der Waals surface area contributed by atoms with Gasteiger partial charge in [0, 0.05) is 22.4 Å². The second-order valence-corrected chi connectivity index (χ2v) is 9.07. The molecule has 0 amide bonds. The van der Waals surface area contributed by atoms with Crippen molar-refractivity contribution in [3.8, 4) is 5.75 Å². The molecule has 0 saturated heterocycles. The maximum absolute atomic E-state index is 13.5. The van der Waals surface area contributed by atoms with Crippen molar-refractivity contribution in [2.75, 3.05) is 6.61 Å². The topological polar surface area (TPSA) is 68.4 Å². The molecular weight excluding hydrogens is 459 g/mol. The van der Waals surface area contributed by atoms with Crippen LogP contribution in [0.2, 0.25) is 5.02 Å². The molecule has 0 aliphatic carbocycles. The van der Waals surface area contributed by atoms with E-state index in [1.165, 1.54) is 0 Å². The molecule has 5 nitrogen and oxygen atoms in total. The molecule has 0 bridgehead atoms. The molecule has 0 saturated carbocycles. The Morgan fingerprint density at radius 2 is 1.73 bits per heavy atom. The number of carbonyl (C=O) groups excluding carboxylic acids is 1. The monoisotopic (exact) mass is 481 g/mol. The van der Waals surface area contributed by atoms with E-state index in [2.05, 4.69) is 4.98 Å². The number of aromatic nitrogens is 1.